The molecule has 28 heavy (non-hydrogen) atoms. The highest BCUT2D eigenvalue weighted by molar-refractivity contribution is 7.71. The number of aromatic nitrogens is 3. The Bertz CT molecular complexity index is 942. The van der Waals surface area contributed by atoms with Gasteiger partial charge in [-0.1, -0.05) is 11.6 Å². The molecule has 0 radical (unpaired) electrons. The quantitative estimate of drug-likeness (QED) is 0.667. The van der Waals surface area contributed by atoms with Gasteiger partial charge in [0.15, 0.2) is 4.77 Å². The Morgan fingerprint density at radius 1 is 1.50 bits per heavy atom. The Hall–Kier alpha value is -2.39. The lowest BCUT2D eigenvalue weighted by Crippen LogP contribution is -2.34. The van der Waals surface area contributed by atoms with Crippen LogP contribution in [0.5, 0.6) is 5.75 Å². The minimum Gasteiger partial charge on any atom is -0.495 e. The van der Waals surface area contributed by atoms with Crippen LogP contribution >= 0.6 is 23.8 Å². The average Bonchev–Trinajstić information content (AvgIpc) is 3.24. The maximum Gasteiger partial charge on any atom is 0.227 e. The lowest BCUT2D eigenvalue weighted by atomic mass is 10.1. The molecular formula is C18H22ClN5O3S. The molecule has 3 rings (SSSR count). The number of halogens is 1. The monoisotopic (exact) mass is 423 g/mol. The molecule has 1 fully saturated rings. The molecule has 0 bridgehead atoms. The number of carbonyl (C=O) groups is 2. The van der Waals surface area contributed by atoms with Crippen molar-refractivity contribution < 1.29 is 14.3 Å². The van der Waals surface area contributed by atoms with Crippen molar-refractivity contribution >= 4 is 41.3 Å². The van der Waals surface area contributed by atoms with E-state index in [-0.39, 0.29) is 24.8 Å². The molecule has 0 spiro atoms. The van der Waals surface area contributed by atoms with E-state index in [2.05, 4.69) is 15.5 Å². The number of hydrogen-bond donors (Lipinski definition) is 2. The first-order chi connectivity index (χ1) is 13.4. The number of anilines is 1. The van der Waals surface area contributed by atoms with Gasteiger partial charge in [0.25, 0.3) is 0 Å². The number of methoxy groups -OCH3 is 1. The van der Waals surface area contributed by atoms with E-state index < -0.39 is 5.92 Å². The van der Waals surface area contributed by atoms with Gasteiger partial charge in [0.2, 0.25) is 11.8 Å². The van der Waals surface area contributed by atoms with E-state index in [1.807, 2.05) is 11.5 Å². The SMILES string of the molecule is CCn1c(CCNC(=O)C2CC(=O)N(c3cc(Cl)ccc3OC)C2)n[nH]c1=S. The first kappa shape index (κ1) is 20.3. The molecule has 150 valence electrons. The fraction of sp³-hybridized carbons (Fsp3) is 0.444. The van der Waals surface area contributed by atoms with Crippen molar-refractivity contribution in [3.63, 3.8) is 0 Å². The molecule has 10 heteroatoms. The van der Waals surface area contributed by atoms with Crippen molar-refractivity contribution in [3.05, 3.63) is 33.8 Å². The summed E-state index contributed by atoms with van der Waals surface area (Å²) in [4.78, 5) is 26.6. The van der Waals surface area contributed by atoms with E-state index in [9.17, 15) is 9.59 Å². The van der Waals surface area contributed by atoms with Gasteiger partial charge in [0, 0.05) is 37.5 Å². The number of carbonyl (C=O) groups excluding carboxylic acids is 2. The fourth-order valence-corrected chi connectivity index (χ4v) is 3.75. The summed E-state index contributed by atoms with van der Waals surface area (Å²) in [5.41, 5.74) is 0.578. The molecule has 0 saturated carbocycles. The van der Waals surface area contributed by atoms with Gasteiger partial charge < -0.3 is 19.5 Å². The summed E-state index contributed by atoms with van der Waals surface area (Å²) in [7, 11) is 1.53. The Balaban J connectivity index is 1.61. The number of nitrogens with zero attached hydrogens (tertiary/aromatic N) is 3. The molecule has 2 N–H and O–H groups in total. The number of rotatable bonds is 7. The van der Waals surface area contributed by atoms with Crippen LogP contribution in [-0.4, -0.2) is 46.8 Å². The number of amides is 2. The Kier molecular flexibility index (Phi) is 6.35. The van der Waals surface area contributed by atoms with Crippen LogP contribution in [0.4, 0.5) is 5.69 Å². The Morgan fingerprint density at radius 3 is 3.00 bits per heavy atom. The van der Waals surface area contributed by atoms with Gasteiger partial charge in [-0.15, -0.1) is 0 Å². The molecule has 0 aliphatic carbocycles. The first-order valence-electron chi connectivity index (χ1n) is 9.00. The van der Waals surface area contributed by atoms with E-state index >= 15 is 0 Å². The van der Waals surface area contributed by atoms with Crippen LogP contribution in [-0.2, 0) is 22.6 Å². The van der Waals surface area contributed by atoms with Crippen molar-refractivity contribution in [2.24, 2.45) is 5.92 Å². The largest absolute Gasteiger partial charge is 0.495 e. The van der Waals surface area contributed by atoms with Crippen molar-refractivity contribution in [1.29, 1.82) is 0 Å². The van der Waals surface area contributed by atoms with Gasteiger partial charge in [-0.2, -0.15) is 5.10 Å². The molecule has 1 aliphatic rings. The minimum absolute atomic E-state index is 0.132. The molecule has 1 atom stereocenters. The molecule has 8 nitrogen and oxygen atoms in total. The summed E-state index contributed by atoms with van der Waals surface area (Å²) in [6.45, 7) is 3.40. The van der Waals surface area contributed by atoms with Crippen LogP contribution in [0.25, 0.3) is 0 Å². The van der Waals surface area contributed by atoms with Crippen molar-refractivity contribution in [3.8, 4) is 5.75 Å². The highest BCUT2D eigenvalue weighted by Crippen LogP contribution is 2.35. The molecule has 1 aromatic carbocycles. The first-order valence-corrected chi connectivity index (χ1v) is 9.79. The predicted molar refractivity (Wildman–Crippen MR) is 108 cm³/mol. The summed E-state index contributed by atoms with van der Waals surface area (Å²) >= 11 is 11.2. The van der Waals surface area contributed by atoms with Gasteiger partial charge in [-0.25, -0.2) is 0 Å². The van der Waals surface area contributed by atoms with Gasteiger partial charge in [-0.3, -0.25) is 14.7 Å². The summed E-state index contributed by atoms with van der Waals surface area (Å²) < 4.78 is 7.77. The molecule has 1 saturated heterocycles. The van der Waals surface area contributed by atoms with E-state index in [1.165, 1.54) is 7.11 Å². The van der Waals surface area contributed by atoms with Gasteiger partial charge in [-0.05, 0) is 37.3 Å². The van der Waals surface area contributed by atoms with Crippen molar-refractivity contribution in [2.75, 3.05) is 25.1 Å². The highest BCUT2D eigenvalue weighted by atomic mass is 35.5. The maximum atomic E-state index is 12.5. The van der Waals surface area contributed by atoms with Crippen molar-refractivity contribution in [1.82, 2.24) is 20.1 Å². The zero-order valence-electron chi connectivity index (χ0n) is 15.7. The molecule has 2 amide bonds. The molecule has 2 heterocycles. The lowest BCUT2D eigenvalue weighted by molar-refractivity contribution is -0.126. The van der Waals surface area contributed by atoms with E-state index in [0.717, 1.165) is 5.82 Å². The number of nitrogens with one attached hydrogen (secondary N) is 2. The third-order valence-corrected chi connectivity index (χ3v) is 5.28. The molecule has 2 aromatic rings. The topological polar surface area (TPSA) is 92.2 Å². The normalized spacial score (nSPS) is 16.5. The second-order valence-corrected chi connectivity index (χ2v) is 7.27. The predicted octanol–water partition coefficient (Wildman–Crippen LogP) is 2.33. The molecule has 1 aliphatic heterocycles. The van der Waals surface area contributed by atoms with Crippen LogP contribution < -0.4 is 15.0 Å². The van der Waals surface area contributed by atoms with Crippen LogP contribution in [0, 0.1) is 10.7 Å². The third-order valence-electron chi connectivity index (χ3n) is 4.73. The van der Waals surface area contributed by atoms with Gasteiger partial charge in [0.1, 0.15) is 11.6 Å². The third kappa shape index (κ3) is 4.20. The van der Waals surface area contributed by atoms with Crippen LogP contribution in [0.2, 0.25) is 5.02 Å². The second-order valence-electron chi connectivity index (χ2n) is 6.45. The summed E-state index contributed by atoms with van der Waals surface area (Å²) in [6.07, 6.45) is 0.703. The summed E-state index contributed by atoms with van der Waals surface area (Å²) in [5.74, 6) is 0.617. The summed E-state index contributed by atoms with van der Waals surface area (Å²) in [5, 5.41) is 10.3. The molecule has 1 unspecified atom stereocenters. The number of H-pyrrole nitrogens is 1. The van der Waals surface area contributed by atoms with E-state index in [4.69, 9.17) is 28.6 Å². The zero-order valence-corrected chi connectivity index (χ0v) is 17.3. The van der Waals surface area contributed by atoms with Crippen molar-refractivity contribution in [2.45, 2.75) is 26.3 Å². The Labute approximate surface area is 172 Å². The van der Waals surface area contributed by atoms with E-state index in [0.29, 0.717) is 40.7 Å². The van der Waals surface area contributed by atoms with Gasteiger partial charge in [0.05, 0.1) is 18.7 Å². The van der Waals surface area contributed by atoms with E-state index in [1.54, 1.807) is 23.1 Å². The number of aromatic amines is 1. The van der Waals surface area contributed by atoms with Crippen LogP contribution in [0.15, 0.2) is 18.2 Å². The van der Waals surface area contributed by atoms with Gasteiger partial charge >= 0.3 is 0 Å². The minimum atomic E-state index is -0.428. The highest BCUT2D eigenvalue weighted by Gasteiger charge is 2.36. The van der Waals surface area contributed by atoms with Crippen LogP contribution in [0.3, 0.4) is 0 Å². The Morgan fingerprint density at radius 2 is 2.29 bits per heavy atom. The average molecular weight is 424 g/mol. The zero-order chi connectivity index (χ0) is 20.3. The molecule has 1 aromatic heterocycles. The number of hydrogen-bond acceptors (Lipinski definition) is 5. The fourth-order valence-electron chi connectivity index (χ4n) is 3.30. The summed E-state index contributed by atoms with van der Waals surface area (Å²) in [6, 6.07) is 5.07. The number of ether oxygens (including phenoxy) is 1. The molecular weight excluding hydrogens is 402 g/mol. The second kappa shape index (κ2) is 8.74. The smallest absolute Gasteiger partial charge is 0.227 e. The number of benzene rings is 1. The lowest BCUT2D eigenvalue weighted by Gasteiger charge is -2.19. The maximum absolute atomic E-state index is 12.5. The standard InChI is InChI=1S/C18H22ClN5O3S/c1-3-23-15(21-22-18(23)28)6-7-20-17(26)11-8-16(25)24(10-11)13-9-12(19)4-5-14(13)27-2/h4-5,9,11H,3,6-8,10H2,1-2H3,(H,20,26)(H,22,28). The van der Waals surface area contributed by atoms with Crippen LogP contribution in [0.1, 0.15) is 19.2 Å².